The first-order valence-corrected chi connectivity index (χ1v) is 11.1. The van der Waals surface area contributed by atoms with Gasteiger partial charge in [0.25, 0.3) is 0 Å². The van der Waals surface area contributed by atoms with Gasteiger partial charge in [-0.15, -0.1) is 0 Å². The van der Waals surface area contributed by atoms with Crippen LogP contribution in [0, 0.1) is 5.92 Å². The highest BCUT2D eigenvalue weighted by molar-refractivity contribution is 6.31. The van der Waals surface area contributed by atoms with Crippen molar-refractivity contribution in [3.8, 4) is 5.75 Å². The van der Waals surface area contributed by atoms with E-state index in [4.69, 9.17) is 16.3 Å². The number of halogens is 1. The Morgan fingerprint density at radius 1 is 1.03 bits per heavy atom. The van der Waals surface area contributed by atoms with Crippen molar-refractivity contribution in [1.29, 1.82) is 0 Å². The molecule has 1 unspecified atom stereocenters. The first kappa shape index (κ1) is 22.1. The number of anilines is 1. The highest BCUT2D eigenvalue weighted by atomic mass is 35.5. The minimum atomic E-state index is -0.375. The molecule has 0 N–H and O–H groups in total. The van der Waals surface area contributed by atoms with Crippen LogP contribution in [-0.4, -0.2) is 67.4 Å². The summed E-state index contributed by atoms with van der Waals surface area (Å²) in [5, 5.41) is 0.555. The maximum atomic E-state index is 13.0. The number of carbonyl (C=O) groups is 3. The second kappa shape index (κ2) is 9.61. The van der Waals surface area contributed by atoms with Crippen LogP contribution in [0.1, 0.15) is 12.0 Å². The SMILES string of the molecule is COc1cccc(CC(=O)N2CCN(C(=O)C3CC(=O)N(c4cccc(Cl)c4)C3)CC2)c1. The van der Waals surface area contributed by atoms with E-state index in [-0.39, 0.29) is 30.1 Å². The summed E-state index contributed by atoms with van der Waals surface area (Å²) in [5.41, 5.74) is 1.61. The van der Waals surface area contributed by atoms with Crippen LogP contribution in [0.4, 0.5) is 5.69 Å². The van der Waals surface area contributed by atoms with E-state index >= 15 is 0 Å². The second-order valence-corrected chi connectivity index (χ2v) is 8.56. The Balaban J connectivity index is 1.30. The van der Waals surface area contributed by atoms with Gasteiger partial charge >= 0.3 is 0 Å². The average molecular weight is 456 g/mol. The summed E-state index contributed by atoms with van der Waals surface area (Å²) in [6.07, 6.45) is 0.497. The first-order chi connectivity index (χ1) is 15.4. The molecule has 168 valence electrons. The third kappa shape index (κ3) is 4.88. The number of nitrogens with zero attached hydrogens (tertiary/aromatic N) is 3. The third-order valence-electron chi connectivity index (χ3n) is 6.03. The Labute approximate surface area is 192 Å². The van der Waals surface area contributed by atoms with Crippen LogP contribution in [0.5, 0.6) is 5.75 Å². The van der Waals surface area contributed by atoms with Crippen molar-refractivity contribution in [2.75, 3.05) is 44.7 Å². The van der Waals surface area contributed by atoms with Gasteiger partial charge in [0.2, 0.25) is 17.7 Å². The molecule has 2 aromatic carbocycles. The molecule has 2 aliphatic rings. The van der Waals surface area contributed by atoms with Crippen molar-refractivity contribution >= 4 is 35.0 Å². The van der Waals surface area contributed by atoms with E-state index in [1.54, 1.807) is 40.0 Å². The van der Waals surface area contributed by atoms with Gasteiger partial charge in [-0.2, -0.15) is 0 Å². The minimum Gasteiger partial charge on any atom is -0.497 e. The summed E-state index contributed by atoms with van der Waals surface area (Å²) in [6, 6.07) is 14.6. The molecular weight excluding hydrogens is 430 g/mol. The number of rotatable bonds is 5. The van der Waals surface area contributed by atoms with E-state index in [2.05, 4.69) is 0 Å². The van der Waals surface area contributed by atoms with E-state index in [0.29, 0.717) is 49.9 Å². The standard InChI is InChI=1S/C24H26ClN3O4/c1-32-21-7-2-4-17(12-21)13-22(29)26-8-10-27(11-9-26)24(31)18-14-23(30)28(16-18)20-6-3-5-19(25)15-20/h2-7,12,15,18H,8-11,13-14,16H2,1H3. The van der Waals surface area contributed by atoms with Gasteiger partial charge in [0.1, 0.15) is 5.75 Å². The van der Waals surface area contributed by atoms with Crippen molar-refractivity contribution in [2.24, 2.45) is 5.92 Å². The lowest BCUT2D eigenvalue weighted by Gasteiger charge is -2.36. The van der Waals surface area contributed by atoms with E-state index in [9.17, 15) is 14.4 Å². The van der Waals surface area contributed by atoms with Gasteiger partial charge in [-0.1, -0.05) is 29.8 Å². The van der Waals surface area contributed by atoms with Crippen LogP contribution in [0.15, 0.2) is 48.5 Å². The number of carbonyl (C=O) groups excluding carboxylic acids is 3. The second-order valence-electron chi connectivity index (χ2n) is 8.12. The Morgan fingerprint density at radius 3 is 2.47 bits per heavy atom. The molecular formula is C24H26ClN3O4. The molecule has 2 aliphatic heterocycles. The monoisotopic (exact) mass is 455 g/mol. The topological polar surface area (TPSA) is 70.2 Å². The zero-order valence-electron chi connectivity index (χ0n) is 18.0. The average Bonchev–Trinajstić information content (AvgIpc) is 3.20. The van der Waals surface area contributed by atoms with Crippen molar-refractivity contribution in [2.45, 2.75) is 12.8 Å². The van der Waals surface area contributed by atoms with Crippen LogP contribution in [-0.2, 0) is 20.8 Å². The maximum absolute atomic E-state index is 13.0. The number of hydrogen-bond acceptors (Lipinski definition) is 4. The van der Waals surface area contributed by atoms with Crippen LogP contribution < -0.4 is 9.64 Å². The number of hydrogen-bond donors (Lipinski definition) is 0. The van der Waals surface area contributed by atoms with E-state index < -0.39 is 0 Å². The fourth-order valence-corrected chi connectivity index (χ4v) is 4.45. The van der Waals surface area contributed by atoms with Gasteiger partial charge in [-0.3, -0.25) is 14.4 Å². The molecule has 0 radical (unpaired) electrons. The summed E-state index contributed by atoms with van der Waals surface area (Å²) in [7, 11) is 1.60. The summed E-state index contributed by atoms with van der Waals surface area (Å²) >= 11 is 6.05. The molecule has 0 saturated carbocycles. The van der Waals surface area contributed by atoms with Crippen molar-refractivity contribution in [3.63, 3.8) is 0 Å². The summed E-state index contributed by atoms with van der Waals surface area (Å²) in [4.78, 5) is 43.4. The van der Waals surface area contributed by atoms with Crippen LogP contribution in [0.3, 0.4) is 0 Å². The lowest BCUT2D eigenvalue weighted by atomic mass is 10.1. The molecule has 2 aromatic rings. The Hall–Kier alpha value is -3.06. The summed E-state index contributed by atoms with van der Waals surface area (Å²) in [5.74, 6) is 0.290. The fourth-order valence-electron chi connectivity index (χ4n) is 4.27. The summed E-state index contributed by atoms with van der Waals surface area (Å²) < 4.78 is 5.22. The van der Waals surface area contributed by atoms with Crippen LogP contribution >= 0.6 is 11.6 Å². The normalized spacial score (nSPS) is 18.8. The van der Waals surface area contributed by atoms with Gasteiger partial charge in [0.05, 0.1) is 19.4 Å². The molecule has 0 aromatic heterocycles. The van der Waals surface area contributed by atoms with Gasteiger partial charge in [-0.05, 0) is 35.9 Å². The minimum absolute atomic E-state index is 0.0252. The van der Waals surface area contributed by atoms with Crippen LogP contribution in [0.2, 0.25) is 5.02 Å². The number of methoxy groups -OCH3 is 1. The highest BCUT2D eigenvalue weighted by Crippen LogP contribution is 2.28. The van der Waals surface area contributed by atoms with E-state index in [0.717, 1.165) is 11.3 Å². The van der Waals surface area contributed by atoms with Gasteiger partial charge in [-0.25, -0.2) is 0 Å². The smallest absolute Gasteiger partial charge is 0.228 e. The molecule has 2 heterocycles. The Bertz CT molecular complexity index is 1020. The number of piperazine rings is 1. The fraction of sp³-hybridized carbons (Fsp3) is 0.375. The zero-order chi connectivity index (χ0) is 22.7. The summed E-state index contributed by atoms with van der Waals surface area (Å²) in [6.45, 7) is 2.29. The molecule has 32 heavy (non-hydrogen) atoms. The first-order valence-electron chi connectivity index (χ1n) is 10.7. The molecule has 1 atom stereocenters. The zero-order valence-corrected chi connectivity index (χ0v) is 18.8. The molecule has 0 spiro atoms. The molecule has 7 nitrogen and oxygen atoms in total. The maximum Gasteiger partial charge on any atom is 0.228 e. The van der Waals surface area contributed by atoms with E-state index in [1.807, 2.05) is 30.3 Å². The van der Waals surface area contributed by atoms with Crippen molar-refractivity contribution in [3.05, 3.63) is 59.1 Å². The molecule has 2 saturated heterocycles. The predicted octanol–water partition coefficient (Wildman–Crippen LogP) is 2.62. The van der Waals surface area contributed by atoms with Gasteiger partial charge < -0.3 is 19.4 Å². The van der Waals surface area contributed by atoms with Gasteiger partial charge in [0, 0.05) is 49.9 Å². The largest absolute Gasteiger partial charge is 0.497 e. The van der Waals surface area contributed by atoms with E-state index in [1.165, 1.54) is 0 Å². The number of benzene rings is 2. The molecule has 2 fully saturated rings. The molecule has 0 bridgehead atoms. The quantitative estimate of drug-likeness (QED) is 0.695. The van der Waals surface area contributed by atoms with Crippen molar-refractivity contribution < 1.29 is 19.1 Å². The van der Waals surface area contributed by atoms with Gasteiger partial charge in [0.15, 0.2) is 0 Å². The van der Waals surface area contributed by atoms with Crippen molar-refractivity contribution in [1.82, 2.24) is 9.80 Å². The molecule has 3 amide bonds. The molecule has 0 aliphatic carbocycles. The Kier molecular flexibility index (Phi) is 6.65. The Morgan fingerprint density at radius 2 is 1.75 bits per heavy atom. The molecule has 4 rings (SSSR count). The van der Waals surface area contributed by atoms with Crippen LogP contribution in [0.25, 0.3) is 0 Å². The lowest BCUT2D eigenvalue weighted by Crippen LogP contribution is -2.52. The number of amides is 3. The highest BCUT2D eigenvalue weighted by Gasteiger charge is 2.38. The molecule has 8 heteroatoms. The third-order valence-corrected chi connectivity index (χ3v) is 6.26. The predicted molar refractivity (Wildman–Crippen MR) is 122 cm³/mol. The number of ether oxygens (including phenoxy) is 1. The lowest BCUT2D eigenvalue weighted by molar-refractivity contribution is -0.141.